The summed E-state index contributed by atoms with van der Waals surface area (Å²) in [6.45, 7) is 1.44. The highest BCUT2D eigenvalue weighted by molar-refractivity contribution is 5.37. The molecule has 0 amide bonds. The number of rotatable bonds is 2. The molecule has 0 radical (unpaired) electrons. The van der Waals surface area contributed by atoms with Gasteiger partial charge in [-0.2, -0.15) is 5.10 Å². The molecule has 1 atom stereocenters. The third-order valence-electron chi connectivity index (χ3n) is 2.59. The van der Waals surface area contributed by atoms with Crippen LogP contribution in [-0.4, -0.2) is 39.6 Å². The maximum atomic E-state index is 9.51. The number of anilines is 1. The number of hydrogen-bond donors (Lipinski definition) is 2. The molecule has 0 bridgehead atoms. The van der Waals surface area contributed by atoms with Gasteiger partial charge in [0.1, 0.15) is 0 Å². The van der Waals surface area contributed by atoms with Crippen LogP contribution in [0, 0.1) is 0 Å². The van der Waals surface area contributed by atoms with Gasteiger partial charge in [-0.1, -0.05) is 0 Å². The van der Waals surface area contributed by atoms with Crippen molar-refractivity contribution in [1.82, 2.24) is 10.2 Å². The van der Waals surface area contributed by atoms with Crippen molar-refractivity contribution in [3.63, 3.8) is 0 Å². The van der Waals surface area contributed by atoms with Crippen LogP contribution in [0.3, 0.4) is 0 Å². The highest BCUT2D eigenvalue weighted by Gasteiger charge is 2.18. The van der Waals surface area contributed by atoms with Gasteiger partial charge in [-0.3, -0.25) is 0 Å². The first-order valence-electron chi connectivity index (χ1n) is 5.16. The van der Waals surface area contributed by atoms with E-state index in [1.165, 1.54) is 0 Å². The zero-order chi connectivity index (χ0) is 10.7. The largest absolute Gasteiger partial charge is 0.391 e. The average molecular weight is 209 g/mol. The van der Waals surface area contributed by atoms with E-state index in [0.29, 0.717) is 12.2 Å². The SMILES string of the molecule is OCc1ccc(N2CCCC(O)C2)nn1. The minimum absolute atomic E-state index is 0.0874. The number of hydrogen-bond acceptors (Lipinski definition) is 5. The van der Waals surface area contributed by atoms with Crippen LogP contribution in [0.5, 0.6) is 0 Å². The lowest BCUT2D eigenvalue weighted by Crippen LogP contribution is -2.38. The second-order valence-electron chi connectivity index (χ2n) is 3.78. The van der Waals surface area contributed by atoms with Crippen molar-refractivity contribution in [2.24, 2.45) is 0 Å². The van der Waals surface area contributed by atoms with Crippen molar-refractivity contribution in [3.8, 4) is 0 Å². The summed E-state index contributed by atoms with van der Waals surface area (Å²) in [7, 11) is 0. The average Bonchev–Trinajstić information content (AvgIpc) is 2.29. The van der Waals surface area contributed by atoms with Crippen LogP contribution in [0.1, 0.15) is 18.5 Å². The monoisotopic (exact) mass is 209 g/mol. The van der Waals surface area contributed by atoms with Crippen molar-refractivity contribution >= 4 is 5.82 Å². The van der Waals surface area contributed by atoms with Crippen molar-refractivity contribution in [2.45, 2.75) is 25.6 Å². The lowest BCUT2D eigenvalue weighted by Gasteiger charge is -2.30. The fraction of sp³-hybridized carbons (Fsp3) is 0.600. The van der Waals surface area contributed by atoms with Gasteiger partial charge >= 0.3 is 0 Å². The smallest absolute Gasteiger partial charge is 0.151 e. The van der Waals surface area contributed by atoms with Gasteiger partial charge in [-0.25, -0.2) is 0 Å². The summed E-state index contributed by atoms with van der Waals surface area (Å²) in [5.74, 6) is 0.769. The molecule has 1 aromatic rings. The molecule has 0 aromatic carbocycles. The number of aromatic nitrogens is 2. The van der Waals surface area contributed by atoms with E-state index in [-0.39, 0.29) is 12.7 Å². The fourth-order valence-electron chi connectivity index (χ4n) is 1.77. The van der Waals surface area contributed by atoms with E-state index < -0.39 is 0 Å². The van der Waals surface area contributed by atoms with Gasteiger partial charge in [0.05, 0.1) is 18.4 Å². The van der Waals surface area contributed by atoms with Crippen molar-refractivity contribution in [1.29, 1.82) is 0 Å². The van der Waals surface area contributed by atoms with Crippen molar-refractivity contribution < 1.29 is 10.2 Å². The maximum Gasteiger partial charge on any atom is 0.151 e. The minimum Gasteiger partial charge on any atom is -0.391 e. The predicted octanol–water partition coefficient (Wildman–Crippen LogP) is -0.0700. The normalized spacial score (nSPS) is 21.7. The van der Waals surface area contributed by atoms with E-state index in [9.17, 15) is 5.11 Å². The Morgan fingerprint density at radius 3 is 2.87 bits per heavy atom. The van der Waals surface area contributed by atoms with Crippen LogP contribution in [0.25, 0.3) is 0 Å². The summed E-state index contributed by atoms with van der Waals surface area (Å²) in [6, 6.07) is 3.58. The molecule has 0 saturated carbocycles. The molecule has 5 heteroatoms. The Labute approximate surface area is 88.4 Å². The maximum absolute atomic E-state index is 9.51. The quantitative estimate of drug-likeness (QED) is 0.713. The molecule has 1 aliphatic heterocycles. The summed E-state index contributed by atoms with van der Waals surface area (Å²) in [6.07, 6.45) is 1.57. The molecular weight excluding hydrogens is 194 g/mol. The summed E-state index contributed by atoms with van der Waals surface area (Å²) < 4.78 is 0. The highest BCUT2D eigenvalue weighted by Crippen LogP contribution is 2.16. The number of nitrogens with zero attached hydrogens (tertiary/aromatic N) is 3. The number of β-amino-alcohol motifs (C(OH)–C–C–N with tert-alkyl or cyclic N) is 1. The van der Waals surface area contributed by atoms with Gasteiger partial charge in [-0.15, -0.1) is 5.10 Å². The van der Waals surface area contributed by atoms with Gasteiger partial charge in [-0.05, 0) is 25.0 Å². The Bertz CT molecular complexity index is 315. The van der Waals surface area contributed by atoms with Gasteiger partial charge in [0.25, 0.3) is 0 Å². The van der Waals surface area contributed by atoms with Gasteiger partial charge in [0.2, 0.25) is 0 Å². The predicted molar refractivity (Wildman–Crippen MR) is 55.4 cm³/mol. The molecule has 1 fully saturated rings. The van der Waals surface area contributed by atoms with Gasteiger partial charge in [0.15, 0.2) is 5.82 Å². The van der Waals surface area contributed by atoms with Crippen LogP contribution in [0.15, 0.2) is 12.1 Å². The van der Waals surface area contributed by atoms with Crippen LogP contribution in [-0.2, 0) is 6.61 Å². The highest BCUT2D eigenvalue weighted by atomic mass is 16.3. The molecule has 2 N–H and O–H groups in total. The van der Waals surface area contributed by atoms with Crippen LogP contribution in [0.2, 0.25) is 0 Å². The Hall–Kier alpha value is -1.20. The second kappa shape index (κ2) is 4.55. The number of aliphatic hydroxyl groups is 2. The van der Waals surface area contributed by atoms with Crippen LogP contribution in [0.4, 0.5) is 5.82 Å². The fourth-order valence-corrected chi connectivity index (χ4v) is 1.77. The molecule has 1 saturated heterocycles. The lowest BCUT2D eigenvalue weighted by molar-refractivity contribution is 0.153. The second-order valence-corrected chi connectivity index (χ2v) is 3.78. The molecule has 1 aromatic heterocycles. The topological polar surface area (TPSA) is 69.5 Å². The standard InChI is InChI=1S/C10H15N3O2/c14-7-8-3-4-10(12-11-8)13-5-1-2-9(15)6-13/h3-4,9,14-15H,1-2,5-7H2. The van der Waals surface area contributed by atoms with Gasteiger partial charge < -0.3 is 15.1 Å². The van der Waals surface area contributed by atoms with E-state index in [1.807, 2.05) is 11.0 Å². The van der Waals surface area contributed by atoms with E-state index >= 15 is 0 Å². The number of piperidine rings is 1. The Morgan fingerprint density at radius 2 is 2.27 bits per heavy atom. The lowest BCUT2D eigenvalue weighted by atomic mass is 10.1. The molecule has 82 valence electrons. The van der Waals surface area contributed by atoms with Crippen LogP contribution >= 0.6 is 0 Å². The van der Waals surface area contributed by atoms with E-state index in [2.05, 4.69) is 10.2 Å². The van der Waals surface area contributed by atoms with Crippen LogP contribution < -0.4 is 4.90 Å². The first-order chi connectivity index (χ1) is 7.29. The van der Waals surface area contributed by atoms with E-state index in [4.69, 9.17) is 5.11 Å². The first kappa shape index (κ1) is 10.3. The van der Waals surface area contributed by atoms with E-state index in [1.54, 1.807) is 6.07 Å². The summed E-state index contributed by atoms with van der Waals surface area (Å²) >= 11 is 0. The zero-order valence-corrected chi connectivity index (χ0v) is 8.50. The molecule has 0 spiro atoms. The molecule has 5 nitrogen and oxygen atoms in total. The Kier molecular flexibility index (Phi) is 3.13. The Balaban J connectivity index is 2.07. The Morgan fingerprint density at radius 1 is 1.40 bits per heavy atom. The molecule has 2 heterocycles. The molecular formula is C10H15N3O2. The first-order valence-corrected chi connectivity index (χ1v) is 5.16. The minimum atomic E-state index is -0.266. The molecule has 1 aliphatic rings. The zero-order valence-electron chi connectivity index (χ0n) is 8.50. The third-order valence-corrected chi connectivity index (χ3v) is 2.59. The summed E-state index contributed by atoms with van der Waals surface area (Å²) in [5.41, 5.74) is 0.566. The summed E-state index contributed by atoms with van der Waals surface area (Å²) in [5, 5.41) is 26.2. The number of aliphatic hydroxyl groups excluding tert-OH is 2. The molecule has 15 heavy (non-hydrogen) atoms. The van der Waals surface area contributed by atoms with E-state index in [0.717, 1.165) is 25.2 Å². The van der Waals surface area contributed by atoms with Crippen molar-refractivity contribution in [3.05, 3.63) is 17.8 Å². The third kappa shape index (κ3) is 2.43. The molecule has 0 aliphatic carbocycles. The van der Waals surface area contributed by atoms with Crippen molar-refractivity contribution in [2.75, 3.05) is 18.0 Å². The molecule has 1 unspecified atom stereocenters. The molecule has 2 rings (SSSR count). The summed E-state index contributed by atoms with van der Waals surface area (Å²) in [4.78, 5) is 2.02. The van der Waals surface area contributed by atoms with Gasteiger partial charge in [0, 0.05) is 13.1 Å².